The Balaban J connectivity index is 1.99. The van der Waals surface area contributed by atoms with Crippen molar-refractivity contribution in [2.75, 3.05) is 7.11 Å². The molecule has 20 heavy (non-hydrogen) atoms. The van der Waals surface area contributed by atoms with Gasteiger partial charge in [-0.25, -0.2) is 0 Å². The molecule has 0 fully saturated rings. The SMILES string of the molecule is COc1cc(C)nc(Cn2ccc3cc(Br)ccc32)c1. The number of hydrogen-bond acceptors (Lipinski definition) is 2. The molecule has 0 aliphatic rings. The van der Waals surface area contributed by atoms with Crippen LogP contribution in [0.1, 0.15) is 11.4 Å². The minimum absolute atomic E-state index is 0.739. The van der Waals surface area contributed by atoms with Crippen molar-refractivity contribution < 1.29 is 4.74 Å². The number of nitrogens with zero attached hydrogens (tertiary/aromatic N) is 2. The van der Waals surface area contributed by atoms with Crippen LogP contribution in [-0.4, -0.2) is 16.7 Å². The molecule has 0 atom stereocenters. The zero-order valence-electron chi connectivity index (χ0n) is 11.4. The molecule has 0 unspecified atom stereocenters. The molecule has 0 aliphatic heterocycles. The molecule has 102 valence electrons. The second kappa shape index (κ2) is 5.29. The van der Waals surface area contributed by atoms with Gasteiger partial charge in [-0.1, -0.05) is 15.9 Å². The summed E-state index contributed by atoms with van der Waals surface area (Å²) in [6.07, 6.45) is 2.09. The number of aryl methyl sites for hydroxylation is 1. The van der Waals surface area contributed by atoms with Crippen molar-refractivity contribution in [2.45, 2.75) is 13.5 Å². The van der Waals surface area contributed by atoms with E-state index in [1.807, 2.05) is 19.1 Å². The Morgan fingerprint density at radius 1 is 1.20 bits per heavy atom. The van der Waals surface area contributed by atoms with Gasteiger partial charge in [0.15, 0.2) is 0 Å². The minimum Gasteiger partial charge on any atom is -0.497 e. The van der Waals surface area contributed by atoms with Crippen molar-refractivity contribution in [1.82, 2.24) is 9.55 Å². The summed E-state index contributed by atoms with van der Waals surface area (Å²) in [5.74, 6) is 0.853. The molecule has 3 aromatic rings. The topological polar surface area (TPSA) is 27.1 Å². The molecule has 4 heteroatoms. The number of aromatic nitrogens is 2. The third kappa shape index (κ3) is 2.56. The van der Waals surface area contributed by atoms with Gasteiger partial charge in [0.05, 0.1) is 19.3 Å². The highest BCUT2D eigenvalue weighted by Crippen LogP contribution is 2.22. The minimum atomic E-state index is 0.739. The number of pyridine rings is 1. The standard InChI is InChI=1S/C16H15BrN2O/c1-11-7-15(20-2)9-14(18-11)10-19-6-5-12-8-13(17)3-4-16(12)19/h3-9H,10H2,1-2H3. The molecule has 0 spiro atoms. The molecule has 1 aromatic carbocycles. The first-order chi connectivity index (χ1) is 9.65. The van der Waals surface area contributed by atoms with Gasteiger partial charge in [0, 0.05) is 39.4 Å². The molecule has 3 nitrogen and oxygen atoms in total. The highest BCUT2D eigenvalue weighted by Gasteiger charge is 2.05. The van der Waals surface area contributed by atoms with Crippen LogP contribution in [0.2, 0.25) is 0 Å². The van der Waals surface area contributed by atoms with E-state index in [0.717, 1.165) is 28.2 Å². The van der Waals surface area contributed by atoms with Crippen molar-refractivity contribution >= 4 is 26.8 Å². The van der Waals surface area contributed by atoms with Crippen LogP contribution in [0.5, 0.6) is 5.75 Å². The van der Waals surface area contributed by atoms with Gasteiger partial charge in [-0.15, -0.1) is 0 Å². The average molecular weight is 331 g/mol. The number of halogens is 1. The number of benzene rings is 1. The monoisotopic (exact) mass is 330 g/mol. The molecule has 0 N–H and O–H groups in total. The van der Waals surface area contributed by atoms with Crippen molar-refractivity contribution in [2.24, 2.45) is 0 Å². The van der Waals surface area contributed by atoms with Crippen LogP contribution < -0.4 is 4.74 Å². The van der Waals surface area contributed by atoms with Crippen molar-refractivity contribution in [1.29, 1.82) is 0 Å². The van der Waals surface area contributed by atoms with Gasteiger partial charge in [-0.2, -0.15) is 0 Å². The Hall–Kier alpha value is -1.81. The van der Waals surface area contributed by atoms with Crippen LogP contribution in [0.3, 0.4) is 0 Å². The smallest absolute Gasteiger partial charge is 0.122 e. The average Bonchev–Trinajstić information content (AvgIpc) is 2.80. The van der Waals surface area contributed by atoms with Crippen molar-refractivity contribution in [3.63, 3.8) is 0 Å². The third-order valence-electron chi connectivity index (χ3n) is 3.28. The maximum atomic E-state index is 5.30. The fourth-order valence-corrected chi connectivity index (χ4v) is 2.76. The Labute approximate surface area is 126 Å². The first-order valence-electron chi connectivity index (χ1n) is 6.41. The zero-order chi connectivity index (χ0) is 14.1. The Bertz CT molecular complexity index is 764. The lowest BCUT2D eigenvalue weighted by molar-refractivity contribution is 0.413. The van der Waals surface area contributed by atoms with Gasteiger partial charge in [0.25, 0.3) is 0 Å². The lowest BCUT2D eigenvalue weighted by atomic mass is 10.2. The second-order valence-electron chi connectivity index (χ2n) is 4.79. The van der Waals surface area contributed by atoms with E-state index >= 15 is 0 Å². The van der Waals surface area contributed by atoms with E-state index in [0.29, 0.717) is 0 Å². The number of ether oxygens (including phenoxy) is 1. The summed E-state index contributed by atoms with van der Waals surface area (Å²) in [6.45, 7) is 2.72. The van der Waals surface area contributed by atoms with E-state index in [4.69, 9.17) is 4.74 Å². The highest BCUT2D eigenvalue weighted by molar-refractivity contribution is 9.10. The molecule has 0 amide bonds. The van der Waals surface area contributed by atoms with Gasteiger partial charge >= 0.3 is 0 Å². The van der Waals surface area contributed by atoms with Crippen LogP contribution >= 0.6 is 15.9 Å². The molecule has 0 saturated heterocycles. The van der Waals surface area contributed by atoms with Crippen LogP contribution in [0.4, 0.5) is 0 Å². The number of methoxy groups -OCH3 is 1. The predicted molar refractivity (Wildman–Crippen MR) is 84.3 cm³/mol. The quantitative estimate of drug-likeness (QED) is 0.720. The fourth-order valence-electron chi connectivity index (χ4n) is 2.39. The largest absolute Gasteiger partial charge is 0.497 e. The Kier molecular flexibility index (Phi) is 3.49. The second-order valence-corrected chi connectivity index (χ2v) is 5.70. The van der Waals surface area contributed by atoms with Crippen LogP contribution in [0.15, 0.2) is 47.1 Å². The maximum absolute atomic E-state index is 5.30. The summed E-state index contributed by atoms with van der Waals surface area (Å²) in [5.41, 5.74) is 3.18. The molecule has 0 bridgehead atoms. The molecule has 2 heterocycles. The van der Waals surface area contributed by atoms with Gasteiger partial charge in [-0.3, -0.25) is 4.98 Å². The van der Waals surface area contributed by atoms with Crippen LogP contribution in [0.25, 0.3) is 10.9 Å². The number of fused-ring (bicyclic) bond motifs is 1. The van der Waals surface area contributed by atoms with Crippen LogP contribution in [-0.2, 0) is 6.54 Å². The molecule has 0 aliphatic carbocycles. The maximum Gasteiger partial charge on any atom is 0.122 e. The highest BCUT2D eigenvalue weighted by atomic mass is 79.9. The molecule has 2 aromatic heterocycles. The normalized spacial score (nSPS) is 10.9. The lowest BCUT2D eigenvalue weighted by Gasteiger charge is -2.08. The van der Waals surface area contributed by atoms with E-state index in [1.54, 1.807) is 7.11 Å². The first kappa shape index (κ1) is 13.2. The van der Waals surface area contributed by atoms with Gasteiger partial charge in [0.2, 0.25) is 0 Å². The molecular weight excluding hydrogens is 316 g/mol. The Morgan fingerprint density at radius 2 is 2.05 bits per heavy atom. The molecule has 0 saturated carbocycles. The van der Waals surface area contributed by atoms with Crippen molar-refractivity contribution in [3.8, 4) is 5.75 Å². The zero-order valence-corrected chi connectivity index (χ0v) is 13.0. The van der Waals surface area contributed by atoms with E-state index in [-0.39, 0.29) is 0 Å². The van der Waals surface area contributed by atoms with E-state index in [1.165, 1.54) is 10.9 Å². The van der Waals surface area contributed by atoms with Crippen molar-refractivity contribution in [3.05, 3.63) is 58.5 Å². The first-order valence-corrected chi connectivity index (χ1v) is 7.21. The summed E-state index contributed by atoms with van der Waals surface area (Å²) in [6, 6.07) is 12.3. The Morgan fingerprint density at radius 3 is 2.85 bits per heavy atom. The summed E-state index contributed by atoms with van der Waals surface area (Å²) < 4.78 is 8.60. The van der Waals surface area contributed by atoms with E-state index in [9.17, 15) is 0 Å². The summed E-state index contributed by atoms with van der Waals surface area (Å²) in [4.78, 5) is 4.57. The van der Waals surface area contributed by atoms with Gasteiger partial charge in [-0.05, 0) is 31.2 Å². The molecule has 3 rings (SSSR count). The summed E-state index contributed by atoms with van der Waals surface area (Å²) in [5, 5.41) is 1.22. The van der Waals surface area contributed by atoms with E-state index in [2.05, 4.69) is 55.9 Å². The van der Waals surface area contributed by atoms with Crippen LogP contribution in [0, 0.1) is 6.92 Å². The number of rotatable bonds is 3. The predicted octanol–water partition coefficient (Wildman–Crippen LogP) is 4.16. The summed E-state index contributed by atoms with van der Waals surface area (Å²) >= 11 is 3.50. The number of hydrogen-bond donors (Lipinski definition) is 0. The van der Waals surface area contributed by atoms with Gasteiger partial charge < -0.3 is 9.30 Å². The van der Waals surface area contributed by atoms with E-state index < -0.39 is 0 Å². The fraction of sp³-hybridized carbons (Fsp3) is 0.188. The third-order valence-corrected chi connectivity index (χ3v) is 3.77. The summed E-state index contributed by atoms with van der Waals surface area (Å²) in [7, 11) is 1.68. The molecular formula is C16H15BrN2O. The lowest BCUT2D eigenvalue weighted by Crippen LogP contribution is -2.02. The van der Waals surface area contributed by atoms with Gasteiger partial charge in [0.1, 0.15) is 5.75 Å². The molecule has 0 radical (unpaired) electrons.